The van der Waals surface area contributed by atoms with Crippen LogP contribution in [0.1, 0.15) is 27.0 Å². The zero-order valence-corrected chi connectivity index (χ0v) is 19.4. The van der Waals surface area contributed by atoms with Crippen LogP contribution in [0.25, 0.3) is 33.3 Å². The van der Waals surface area contributed by atoms with Gasteiger partial charge >= 0.3 is 0 Å². The Morgan fingerprint density at radius 2 is 1.47 bits per heavy atom. The Kier molecular flexibility index (Phi) is 4.71. The average molecular weight is 463 g/mol. The number of aryl methyl sites for hydroxylation is 2. The molecule has 1 aliphatic rings. The number of aromatic nitrogens is 2. The normalized spacial score (nSPS) is 12.0. The summed E-state index contributed by atoms with van der Waals surface area (Å²) in [6, 6.07) is 24.8. The first kappa shape index (κ1) is 20.6. The molecule has 0 aliphatic heterocycles. The summed E-state index contributed by atoms with van der Waals surface area (Å²) in [5.41, 5.74) is 6.31. The highest BCUT2D eigenvalue weighted by atomic mass is 35.5. The SMILES string of the molecule is Cc1ccc(Oc2ccc3c(-c4ccc(Cl)cc4)nnc4c3c2C(=O)c2ccccc2-4)c(C)c1. The Hall–Kier alpha value is -4.02. The van der Waals surface area contributed by atoms with Crippen molar-refractivity contribution in [1.82, 2.24) is 10.2 Å². The van der Waals surface area contributed by atoms with Gasteiger partial charge in [-0.15, -0.1) is 10.2 Å². The van der Waals surface area contributed by atoms with E-state index in [-0.39, 0.29) is 5.78 Å². The van der Waals surface area contributed by atoms with Gasteiger partial charge in [-0.1, -0.05) is 65.7 Å². The van der Waals surface area contributed by atoms with Crippen molar-refractivity contribution in [3.05, 3.63) is 106 Å². The maximum absolute atomic E-state index is 13.8. The Balaban J connectivity index is 1.64. The lowest BCUT2D eigenvalue weighted by molar-refractivity contribution is 0.103. The number of nitrogens with zero attached hydrogens (tertiary/aromatic N) is 2. The lowest BCUT2D eigenvalue weighted by Crippen LogP contribution is -2.13. The van der Waals surface area contributed by atoms with Gasteiger partial charge in [0.25, 0.3) is 0 Å². The number of carbonyl (C=O) groups is 1. The van der Waals surface area contributed by atoms with Gasteiger partial charge in [0, 0.05) is 32.5 Å². The molecule has 34 heavy (non-hydrogen) atoms. The molecular formula is C29H19ClN2O2. The summed E-state index contributed by atoms with van der Waals surface area (Å²) in [5.74, 6) is 1.15. The van der Waals surface area contributed by atoms with Gasteiger partial charge in [0.05, 0.1) is 5.56 Å². The van der Waals surface area contributed by atoms with Crippen LogP contribution in [0, 0.1) is 13.8 Å². The number of rotatable bonds is 3. The van der Waals surface area contributed by atoms with E-state index in [0.29, 0.717) is 39.0 Å². The zero-order chi connectivity index (χ0) is 23.4. The molecule has 6 rings (SSSR count). The number of hydrogen-bond donors (Lipinski definition) is 0. The van der Waals surface area contributed by atoms with Gasteiger partial charge in [0.15, 0.2) is 5.78 Å². The summed E-state index contributed by atoms with van der Waals surface area (Å²) in [5, 5.41) is 11.4. The third kappa shape index (κ3) is 3.18. The first-order valence-corrected chi connectivity index (χ1v) is 11.4. The van der Waals surface area contributed by atoms with E-state index in [1.807, 2.05) is 86.6 Å². The van der Waals surface area contributed by atoms with E-state index < -0.39 is 0 Å². The number of ether oxygens (including phenoxy) is 1. The second-order valence-corrected chi connectivity index (χ2v) is 8.95. The van der Waals surface area contributed by atoms with Crippen LogP contribution in [-0.2, 0) is 0 Å². The van der Waals surface area contributed by atoms with Crippen molar-refractivity contribution >= 4 is 28.2 Å². The second-order valence-electron chi connectivity index (χ2n) is 8.51. The number of benzene rings is 4. The predicted molar refractivity (Wildman–Crippen MR) is 135 cm³/mol. The van der Waals surface area contributed by atoms with Gasteiger partial charge in [0.2, 0.25) is 0 Å². The molecule has 0 fully saturated rings. The Bertz CT molecular complexity index is 1620. The van der Waals surface area contributed by atoms with Crippen LogP contribution < -0.4 is 4.74 Å². The van der Waals surface area contributed by atoms with E-state index in [4.69, 9.17) is 16.3 Å². The summed E-state index contributed by atoms with van der Waals surface area (Å²) in [6.45, 7) is 4.04. The first-order valence-electron chi connectivity index (χ1n) is 11.0. The molecule has 0 amide bonds. The Morgan fingerprint density at radius 1 is 0.765 bits per heavy atom. The predicted octanol–water partition coefficient (Wildman–Crippen LogP) is 7.57. The van der Waals surface area contributed by atoms with Gasteiger partial charge in [-0.3, -0.25) is 4.79 Å². The van der Waals surface area contributed by atoms with Crippen LogP contribution in [0.3, 0.4) is 0 Å². The minimum Gasteiger partial charge on any atom is -0.456 e. The van der Waals surface area contributed by atoms with E-state index in [9.17, 15) is 4.79 Å². The van der Waals surface area contributed by atoms with Gasteiger partial charge in [-0.05, 0) is 49.7 Å². The molecule has 0 radical (unpaired) electrons. The third-order valence-electron chi connectivity index (χ3n) is 6.23. The smallest absolute Gasteiger partial charge is 0.198 e. The summed E-state index contributed by atoms with van der Waals surface area (Å²) >= 11 is 6.10. The summed E-state index contributed by atoms with van der Waals surface area (Å²) in [7, 11) is 0. The minimum absolute atomic E-state index is 0.0801. The molecule has 1 heterocycles. The molecule has 0 saturated heterocycles. The lowest BCUT2D eigenvalue weighted by Gasteiger charge is -2.22. The van der Waals surface area contributed by atoms with Crippen LogP contribution in [-0.4, -0.2) is 16.0 Å². The van der Waals surface area contributed by atoms with Crippen molar-refractivity contribution in [3.8, 4) is 34.0 Å². The van der Waals surface area contributed by atoms with E-state index in [0.717, 1.165) is 33.0 Å². The molecule has 0 atom stereocenters. The number of ketones is 1. The molecule has 0 bridgehead atoms. The molecule has 5 aromatic rings. The fourth-order valence-electron chi connectivity index (χ4n) is 4.61. The van der Waals surface area contributed by atoms with Crippen molar-refractivity contribution in [2.45, 2.75) is 13.8 Å². The van der Waals surface area contributed by atoms with Crippen LogP contribution in [0.5, 0.6) is 11.5 Å². The van der Waals surface area contributed by atoms with E-state index in [2.05, 4.69) is 16.3 Å². The van der Waals surface area contributed by atoms with Crippen molar-refractivity contribution in [1.29, 1.82) is 0 Å². The molecule has 4 aromatic carbocycles. The monoisotopic (exact) mass is 462 g/mol. The first-order chi connectivity index (χ1) is 16.5. The molecular weight excluding hydrogens is 444 g/mol. The summed E-state index contributed by atoms with van der Waals surface area (Å²) < 4.78 is 6.34. The van der Waals surface area contributed by atoms with Crippen LogP contribution in [0.4, 0.5) is 0 Å². The van der Waals surface area contributed by atoms with Gasteiger partial charge in [-0.2, -0.15) is 0 Å². The third-order valence-corrected chi connectivity index (χ3v) is 6.48. The maximum Gasteiger partial charge on any atom is 0.198 e. The fourth-order valence-corrected chi connectivity index (χ4v) is 4.73. The number of hydrogen-bond acceptors (Lipinski definition) is 4. The zero-order valence-electron chi connectivity index (χ0n) is 18.6. The molecule has 1 aromatic heterocycles. The molecule has 0 unspecified atom stereocenters. The molecule has 0 saturated carbocycles. The standard InChI is InChI=1S/C29H19ClN2O2/c1-16-7-13-23(17(2)15-16)34-24-14-12-22-25-26(24)29(33)21-6-4-3-5-20(21)28(25)32-31-27(22)18-8-10-19(30)11-9-18/h3-15H,1-2H3. The van der Waals surface area contributed by atoms with Crippen molar-refractivity contribution in [3.63, 3.8) is 0 Å². The molecule has 0 spiro atoms. The van der Waals surface area contributed by atoms with Crippen molar-refractivity contribution in [2.75, 3.05) is 0 Å². The maximum atomic E-state index is 13.8. The van der Waals surface area contributed by atoms with Crippen molar-refractivity contribution in [2.24, 2.45) is 0 Å². The topological polar surface area (TPSA) is 52.1 Å². The van der Waals surface area contributed by atoms with Gasteiger partial charge in [-0.25, -0.2) is 0 Å². The fraction of sp³-hybridized carbons (Fsp3) is 0.0690. The number of halogens is 1. The van der Waals surface area contributed by atoms with Crippen molar-refractivity contribution < 1.29 is 9.53 Å². The summed E-state index contributed by atoms with van der Waals surface area (Å²) in [4.78, 5) is 13.8. The highest BCUT2D eigenvalue weighted by molar-refractivity contribution is 6.30. The van der Waals surface area contributed by atoms with E-state index >= 15 is 0 Å². The van der Waals surface area contributed by atoms with Gasteiger partial charge < -0.3 is 4.74 Å². The van der Waals surface area contributed by atoms with E-state index in [1.54, 1.807) is 0 Å². The minimum atomic E-state index is -0.0801. The Morgan fingerprint density at radius 3 is 2.24 bits per heavy atom. The second kappa shape index (κ2) is 7.79. The molecule has 0 N–H and O–H groups in total. The highest BCUT2D eigenvalue weighted by Crippen LogP contribution is 2.45. The highest BCUT2D eigenvalue weighted by Gasteiger charge is 2.31. The average Bonchev–Trinajstić information content (AvgIpc) is 2.85. The Labute approximate surface area is 201 Å². The van der Waals surface area contributed by atoms with E-state index in [1.165, 1.54) is 0 Å². The lowest BCUT2D eigenvalue weighted by atomic mass is 9.84. The molecule has 164 valence electrons. The molecule has 5 heteroatoms. The molecule has 4 nitrogen and oxygen atoms in total. The van der Waals surface area contributed by atoms with Gasteiger partial charge in [0.1, 0.15) is 22.9 Å². The van der Waals surface area contributed by atoms with Crippen LogP contribution in [0.15, 0.2) is 78.9 Å². The number of fused-ring (bicyclic) bond motifs is 2. The number of carbonyl (C=O) groups excluding carboxylic acids is 1. The van der Waals surface area contributed by atoms with Crippen LogP contribution in [0.2, 0.25) is 5.02 Å². The largest absolute Gasteiger partial charge is 0.456 e. The summed E-state index contributed by atoms with van der Waals surface area (Å²) in [6.07, 6.45) is 0. The molecule has 1 aliphatic carbocycles. The van der Waals surface area contributed by atoms with Crippen LogP contribution >= 0.6 is 11.6 Å². The quantitative estimate of drug-likeness (QED) is 0.272.